The number of aromatic amines is 1. The smallest absolute Gasteiger partial charge is 0.253 e. The Labute approximate surface area is 225 Å². The SMILES string of the molecule is CCN(c1cc(-c2cncnc2)cc(C(=O)NCc2c(C)cc(C)[nH]c2=O)c1C)C1CCC(N(C)C)CC1. The molecular weight excluding hydrogens is 476 g/mol. The van der Waals surface area contributed by atoms with E-state index in [1.165, 1.54) is 6.33 Å². The normalized spacial score (nSPS) is 17.4. The van der Waals surface area contributed by atoms with E-state index in [2.05, 4.69) is 57.2 Å². The van der Waals surface area contributed by atoms with Gasteiger partial charge < -0.3 is 20.1 Å². The molecule has 2 aromatic heterocycles. The van der Waals surface area contributed by atoms with Gasteiger partial charge in [0.2, 0.25) is 0 Å². The average molecular weight is 517 g/mol. The van der Waals surface area contributed by atoms with Crippen molar-refractivity contribution in [2.24, 2.45) is 0 Å². The quantitative estimate of drug-likeness (QED) is 0.461. The molecule has 0 unspecified atom stereocenters. The van der Waals surface area contributed by atoms with Gasteiger partial charge in [0, 0.05) is 65.6 Å². The Balaban J connectivity index is 1.68. The summed E-state index contributed by atoms with van der Waals surface area (Å²) in [6.07, 6.45) is 9.62. The fourth-order valence-corrected chi connectivity index (χ4v) is 5.72. The maximum atomic E-state index is 13.6. The summed E-state index contributed by atoms with van der Waals surface area (Å²) in [4.78, 5) is 42.1. The number of hydrogen-bond acceptors (Lipinski definition) is 6. The Kier molecular flexibility index (Phi) is 8.62. The molecule has 1 aliphatic carbocycles. The lowest BCUT2D eigenvalue weighted by atomic mass is 9.88. The molecule has 0 aliphatic heterocycles. The zero-order valence-corrected chi connectivity index (χ0v) is 23.5. The first kappa shape index (κ1) is 27.5. The fourth-order valence-electron chi connectivity index (χ4n) is 5.72. The lowest BCUT2D eigenvalue weighted by Crippen LogP contribution is -2.42. The summed E-state index contributed by atoms with van der Waals surface area (Å²) in [5.41, 5.74) is 6.45. The second-order valence-electron chi connectivity index (χ2n) is 10.6. The lowest BCUT2D eigenvalue weighted by Gasteiger charge is -2.40. The molecule has 2 N–H and O–H groups in total. The Bertz CT molecular complexity index is 1330. The summed E-state index contributed by atoms with van der Waals surface area (Å²) < 4.78 is 0. The summed E-state index contributed by atoms with van der Waals surface area (Å²) in [7, 11) is 4.32. The van der Waals surface area contributed by atoms with Gasteiger partial charge in [0.25, 0.3) is 11.5 Å². The Morgan fingerprint density at radius 1 is 1.00 bits per heavy atom. The standard InChI is InChI=1S/C30H40N6O2/c1-7-36(25-10-8-24(9-11-25)35(5)6)28-14-22(23-15-31-18-32-16-23)13-26(21(28)4)29(37)33-17-27-19(2)12-20(3)34-30(27)38/h12-16,18,24-25H,7-11,17H2,1-6H3,(H,33,37)(H,34,38). The second-order valence-corrected chi connectivity index (χ2v) is 10.6. The van der Waals surface area contributed by atoms with E-state index in [1.807, 2.05) is 32.9 Å². The van der Waals surface area contributed by atoms with Crippen molar-refractivity contribution in [1.82, 2.24) is 25.2 Å². The van der Waals surface area contributed by atoms with Crippen LogP contribution in [0.2, 0.25) is 0 Å². The zero-order valence-electron chi connectivity index (χ0n) is 23.5. The molecule has 8 nitrogen and oxygen atoms in total. The highest BCUT2D eigenvalue weighted by Crippen LogP contribution is 2.35. The minimum atomic E-state index is -0.200. The van der Waals surface area contributed by atoms with Crippen LogP contribution in [0.1, 0.15) is 65.3 Å². The van der Waals surface area contributed by atoms with Crippen molar-refractivity contribution < 1.29 is 4.79 Å². The van der Waals surface area contributed by atoms with Gasteiger partial charge in [-0.25, -0.2) is 9.97 Å². The minimum Gasteiger partial charge on any atom is -0.369 e. The van der Waals surface area contributed by atoms with Crippen molar-refractivity contribution in [2.45, 2.75) is 72.0 Å². The number of aromatic nitrogens is 3. The van der Waals surface area contributed by atoms with Crippen molar-refractivity contribution in [3.8, 4) is 11.1 Å². The van der Waals surface area contributed by atoms with Crippen molar-refractivity contribution in [1.29, 1.82) is 0 Å². The number of aryl methyl sites for hydroxylation is 2. The van der Waals surface area contributed by atoms with Crippen LogP contribution in [0.3, 0.4) is 0 Å². The number of benzene rings is 1. The van der Waals surface area contributed by atoms with E-state index in [9.17, 15) is 9.59 Å². The van der Waals surface area contributed by atoms with Crippen LogP contribution in [0, 0.1) is 20.8 Å². The average Bonchev–Trinajstić information content (AvgIpc) is 2.90. The van der Waals surface area contributed by atoms with Crippen LogP contribution in [0.25, 0.3) is 11.1 Å². The van der Waals surface area contributed by atoms with E-state index in [0.29, 0.717) is 23.2 Å². The summed E-state index contributed by atoms with van der Waals surface area (Å²) in [5.74, 6) is -0.200. The first-order chi connectivity index (χ1) is 18.2. The van der Waals surface area contributed by atoms with Crippen molar-refractivity contribution in [3.05, 3.63) is 75.2 Å². The molecule has 0 atom stereocenters. The number of anilines is 1. The topological polar surface area (TPSA) is 94.2 Å². The van der Waals surface area contributed by atoms with E-state index in [0.717, 1.165) is 65.9 Å². The van der Waals surface area contributed by atoms with Crippen LogP contribution in [-0.2, 0) is 6.54 Å². The van der Waals surface area contributed by atoms with Gasteiger partial charge in [-0.15, -0.1) is 0 Å². The molecule has 1 aliphatic rings. The van der Waals surface area contributed by atoms with Crippen LogP contribution in [0.5, 0.6) is 0 Å². The molecule has 0 bridgehead atoms. The molecule has 1 saturated carbocycles. The van der Waals surface area contributed by atoms with E-state index >= 15 is 0 Å². The lowest BCUT2D eigenvalue weighted by molar-refractivity contribution is 0.0950. The first-order valence-electron chi connectivity index (χ1n) is 13.5. The van der Waals surface area contributed by atoms with Crippen molar-refractivity contribution in [3.63, 3.8) is 0 Å². The van der Waals surface area contributed by atoms with Gasteiger partial charge in [0.05, 0.1) is 0 Å². The third-order valence-corrected chi connectivity index (χ3v) is 7.93. The summed E-state index contributed by atoms with van der Waals surface area (Å²) >= 11 is 0. The maximum Gasteiger partial charge on any atom is 0.253 e. The van der Waals surface area contributed by atoms with Gasteiger partial charge in [0.1, 0.15) is 6.33 Å². The van der Waals surface area contributed by atoms with Gasteiger partial charge in [-0.1, -0.05) is 0 Å². The van der Waals surface area contributed by atoms with Gasteiger partial charge >= 0.3 is 0 Å². The molecule has 1 fully saturated rings. The molecular formula is C30H40N6O2. The monoisotopic (exact) mass is 516 g/mol. The van der Waals surface area contributed by atoms with Gasteiger partial charge in [-0.2, -0.15) is 0 Å². The summed E-state index contributed by atoms with van der Waals surface area (Å²) in [6, 6.07) is 7.04. The van der Waals surface area contributed by atoms with Crippen molar-refractivity contribution in [2.75, 3.05) is 25.5 Å². The maximum absolute atomic E-state index is 13.6. The molecule has 4 rings (SSSR count). The fraction of sp³-hybridized carbons (Fsp3) is 0.467. The Hall–Kier alpha value is -3.52. The number of pyridine rings is 1. The predicted molar refractivity (Wildman–Crippen MR) is 153 cm³/mol. The third-order valence-electron chi connectivity index (χ3n) is 7.93. The number of rotatable bonds is 8. The van der Waals surface area contributed by atoms with Gasteiger partial charge in [-0.05, 0) is 102 Å². The van der Waals surface area contributed by atoms with Crippen LogP contribution >= 0.6 is 0 Å². The highest BCUT2D eigenvalue weighted by molar-refractivity contribution is 5.98. The number of carbonyl (C=O) groups is 1. The highest BCUT2D eigenvalue weighted by Gasteiger charge is 2.28. The van der Waals surface area contributed by atoms with Gasteiger partial charge in [0.15, 0.2) is 0 Å². The Morgan fingerprint density at radius 3 is 2.26 bits per heavy atom. The predicted octanol–water partition coefficient (Wildman–Crippen LogP) is 4.39. The van der Waals surface area contributed by atoms with E-state index in [4.69, 9.17) is 0 Å². The van der Waals surface area contributed by atoms with E-state index in [1.54, 1.807) is 12.4 Å². The molecule has 3 aromatic rings. The minimum absolute atomic E-state index is 0.166. The second kappa shape index (κ2) is 11.9. The number of H-pyrrole nitrogens is 1. The summed E-state index contributed by atoms with van der Waals surface area (Å²) in [6.45, 7) is 8.97. The molecule has 2 heterocycles. The van der Waals surface area contributed by atoms with E-state index < -0.39 is 0 Å². The molecule has 8 heteroatoms. The van der Waals surface area contributed by atoms with Gasteiger partial charge in [-0.3, -0.25) is 9.59 Å². The number of nitrogens with zero attached hydrogens (tertiary/aromatic N) is 4. The third kappa shape index (κ3) is 5.96. The molecule has 0 saturated heterocycles. The first-order valence-corrected chi connectivity index (χ1v) is 13.5. The molecule has 1 aromatic carbocycles. The molecule has 0 radical (unpaired) electrons. The number of hydrogen-bond donors (Lipinski definition) is 2. The molecule has 202 valence electrons. The van der Waals surface area contributed by atoms with E-state index in [-0.39, 0.29) is 18.0 Å². The Morgan fingerprint density at radius 2 is 1.66 bits per heavy atom. The van der Waals surface area contributed by atoms with Crippen LogP contribution in [0.4, 0.5) is 5.69 Å². The molecule has 1 amide bonds. The van der Waals surface area contributed by atoms with Crippen LogP contribution < -0.4 is 15.8 Å². The number of amides is 1. The van der Waals surface area contributed by atoms with Crippen LogP contribution in [-0.4, -0.2) is 58.5 Å². The molecule has 38 heavy (non-hydrogen) atoms. The van der Waals surface area contributed by atoms with Crippen molar-refractivity contribution >= 4 is 11.6 Å². The largest absolute Gasteiger partial charge is 0.369 e. The number of nitrogens with one attached hydrogen (secondary N) is 2. The number of carbonyl (C=O) groups excluding carboxylic acids is 1. The highest BCUT2D eigenvalue weighted by atomic mass is 16.1. The summed E-state index contributed by atoms with van der Waals surface area (Å²) in [5, 5.41) is 3.00. The van der Waals surface area contributed by atoms with Crippen LogP contribution in [0.15, 0.2) is 41.7 Å². The zero-order chi connectivity index (χ0) is 27.4. The molecule has 0 spiro atoms.